The Balaban J connectivity index is 2.77. The molecule has 20 heavy (non-hydrogen) atoms. The zero-order chi connectivity index (χ0) is 14.8. The first-order valence-electron chi connectivity index (χ1n) is 6.59. The maximum Gasteiger partial charge on any atom is 0.317 e. The molecule has 1 unspecified atom stereocenters. The van der Waals surface area contributed by atoms with E-state index in [1.807, 2.05) is 44.2 Å². The van der Waals surface area contributed by atoms with E-state index in [0.717, 1.165) is 10.8 Å². The molecule has 2 rings (SSSR count). The lowest BCUT2D eigenvalue weighted by Crippen LogP contribution is -2.34. The number of methoxy groups -OCH3 is 2. The van der Waals surface area contributed by atoms with Crippen molar-refractivity contribution >= 4 is 16.7 Å². The highest BCUT2D eigenvalue weighted by molar-refractivity contribution is 5.92. The maximum atomic E-state index is 12.2. The zero-order valence-corrected chi connectivity index (χ0v) is 12.3. The lowest BCUT2D eigenvalue weighted by atomic mass is 9.81. The van der Waals surface area contributed by atoms with E-state index in [-0.39, 0.29) is 5.97 Å². The standard InChI is InChI=1S/C16H19NO3/c1-5-16(2,15(18)20-4)14-12-9-7-6-8-11(12)10-13(17-14)19-3/h6-10H,5H2,1-4H3. The van der Waals surface area contributed by atoms with Crippen LogP contribution in [0, 0.1) is 0 Å². The first kappa shape index (κ1) is 14.3. The van der Waals surface area contributed by atoms with Crippen molar-refractivity contribution in [3.63, 3.8) is 0 Å². The Morgan fingerprint density at radius 2 is 2.00 bits per heavy atom. The predicted molar refractivity (Wildman–Crippen MR) is 78.0 cm³/mol. The number of nitrogens with zero attached hydrogens (tertiary/aromatic N) is 1. The number of hydrogen-bond donors (Lipinski definition) is 0. The van der Waals surface area contributed by atoms with E-state index in [4.69, 9.17) is 9.47 Å². The lowest BCUT2D eigenvalue weighted by molar-refractivity contribution is -0.147. The first-order valence-corrected chi connectivity index (χ1v) is 6.59. The molecule has 106 valence electrons. The topological polar surface area (TPSA) is 48.4 Å². The first-order chi connectivity index (χ1) is 9.56. The monoisotopic (exact) mass is 273 g/mol. The number of rotatable bonds is 4. The molecule has 0 aliphatic heterocycles. The van der Waals surface area contributed by atoms with E-state index >= 15 is 0 Å². The van der Waals surface area contributed by atoms with Gasteiger partial charge in [0.2, 0.25) is 5.88 Å². The molecule has 2 aromatic rings. The molecule has 4 heteroatoms. The molecule has 0 bridgehead atoms. The molecule has 0 spiro atoms. The highest BCUT2D eigenvalue weighted by Crippen LogP contribution is 2.34. The van der Waals surface area contributed by atoms with Crippen LogP contribution in [0.15, 0.2) is 30.3 Å². The molecule has 0 amide bonds. The fraction of sp³-hybridized carbons (Fsp3) is 0.375. The number of hydrogen-bond acceptors (Lipinski definition) is 4. The number of pyridine rings is 1. The van der Waals surface area contributed by atoms with Crippen molar-refractivity contribution in [3.05, 3.63) is 36.0 Å². The van der Waals surface area contributed by atoms with Gasteiger partial charge in [0, 0.05) is 11.5 Å². The Labute approximate surface area is 118 Å². The van der Waals surface area contributed by atoms with E-state index in [1.54, 1.807) is 7.11 Å². The van der Waals surface area contributed by atoms with Crippen LogP contribution in [-0.2, 0) is 14.9 Å². The van der Waals surface area contributed by atoms with Crippen molar-refractivity contribution in [2.24, 2.45) is 0 Å². The number of esters is 1. The van der Waals surface area contributed by atoms with Crippen molar-refractivity contribution in [2.45, 2.75) is 25.7 Å². The van der Waals surface area contributed by atoms with Gasteiger partial charge in [0.1, 0.15) is 5.41 Å². The highest BCUT2D eigenvalue weighted by Gasteiger charge is 2.37. The van der Waals surface area contributed by atoms with Gasteiger partial charge in [0.25, 0.3) is 0 Å². The Morgan fingerprint density at radius 1 is 1.30 bits per heavy atom. The third-order valence-electron chi connectivity index (χ3n) is 3.79. The number of carbonyl (C=O) groups is 1. The quantitative estimate of drug-likeness (QED) is 0.803. The molecule has 0 aliphatic rings. The van der Waals surface area contributed by atoms with Gasteiger partial charge in [-0.2, -0.15) is 0 Å². The Hall–Kier alpha value is -2.10. The molecular formula is C16H19NO3. The van der Waals surface area contributed by atoms with Crippen LogP contribution in [0.25, 0.3) is 10.8 Å². The molecule has 1 heterocycles. The Morgan fingerprint density at radius 3 is 2.60 bits per heavy atom. The minimum absolute atomic E-state index is 0.286. The lowest BCUT2D eigenvalue weighted by Gasteiger charge is -2.26. The summed E-state index contributed by atoms with van der Waals surface area (Å²) in [6.45, 7) is 3.81. The molecule has 0 aliphatic carbocycles. The number of aromatic nitrogens is 1. The van der Waals surface area contributed by atoms with E-state index < -0.39 is 5.41 Å². The van der Waals surface area contributed by atoms with Crippen LogP contribution in [0.2, 0.25) is 0 Å². The van der Waals surface area contributed by atoms with Crippen LogP contribution in [0.1, 0.15) is 26.0 Å². The number of benzene rings is 1. The molecule has 1 atom stereocenters. The summed E-state index contributed by atoms with van der Waals surface area (Å²) in [7, 11) is 2.97. The van der Waals surface area contributed by atoms with Crippen LogP contribution in [-0.4, -0.2) is 25.2 Å². The summed E-state index contributed by atoms with van der Waals surface area (Å²) in [6, 6.07) is 9.71. The van der Waals surface area contributed by atoms with Gasteiger partial charge in [-0.25, -0.2) is 4.98 Å². The summed E-state index contributed by atoms with van der Waals surface area (Å²) in [5, 5.41) is 1.95. The molecule has 0 radical (unpaired) electrons. The molecular weight excluding hydrogens is 254 g/mol. The van der Waals surface area contributed by atoms with Crippen molar-refractivity contribution < 1.29 is 14.3 Å². The second-order valence-corrected chi connectivity index (χ2v) is 4.91. The molecule has 0 N–H and O–H groups in total. The average molecular weight is 273 g/mol. The third-order valence-corrected chi connectivity index (χ3v) is 3.79. The van der Waals surface area contributed by atoms with Gasteiger partial charge in [-0.1, -0.05) is 31.2 Å². The third kappa shape index (κ3) is 2.22. The summed E-state index contributed by atoms with van der Waals surface area (Å²) in [4.78, 5) is 16.7. The van der Waals surface area contributed by atoms with Crippen LogP contribution in [0.5, 0.6) is 5.88 Å². The molecule has 4 nitrogen and oxygen atoms in total. The molecule has 1 aromatic heterocycles. The van der Waals surface area contributed by atoms with Crippen LogP contribution >= 0.6 is 0 Å². The number of fused-ring (bicyclic) bond motifs is 1. The number of carbonyl (C=O) groups excluding carboxylic acids is 1. The van der Waals surface area contributed by atoms with Gasteiger partial charge in [-0.05, 0) is 18.7 Å². The molecule has 0 saturated heterocycles. The molecule has 0 fully saturated rings. The van der Waals surface area contributed by atoms with Gasteiger partial charge in [-0.3, -0.25) is 4.79 Å². The van der Waals surface area contributed by atoms with Crippen molar-refractivity contribution in [1.82, 2.24) is 4.98 Å². The normalized spacial score (nSPS) is 13.8. The fourth-order valence-corrected chi connectivity index (χ4v) is 2.33. The summed E-state index contributed by atoms with van der Waals surface area (Å²) < 4.78 is 10.2. The Bertz CT molecular complexity index is 639. The minimum atomic E-state index is -0.789. The predicted octanol–water partition coefficient (Wildman–Crippen LogP) is 3.08. The van der Waals surface area contributed by atoms with Crippen molar-refractivity contribution in [2.75, 3.05) is 14.2 Å². The van der Waals surface area contributed by atoms with Crippen LogP contribution in [0.4, 0.5) is 0 Å². The second-order valence-electron chi connectivity index (χ2n) is 4.91. The summed E-state index contributed by atoms with van der Waals surface area (Å²) in [5.41, 5.74) is -0.0927. The fourth-order valence-electron chi connectivity index (χ4n) is 2.33. The van der Waals surface area contributed by atoms with Crippen molar-refractivity contribution in [3.8, 4) is 5.88 Å². The van der Waals surface area contributed by atoms with E-state index in [2.05, 4.69) is 4.98 Å². The largest absolute Gasteiger partial charge is 0.481 e. The zero-order valence-electron chi connectivity index (χ0n) is 12.3. The van der Waals surface area contributed by atoms with Crippen LogP contribution in [0.3, 0.4) is 0 Å². The average Bonchev–Trinajstić information content (AvgIpc) is 2.52. The van der Waals surface area contributed by atoms with Gasteiger partial charge < -0.3 is 9.47 Å². The maximum absolute atomic E-state index is 12.2. The highest BCUT2D eigenvalue weighted by atomic mass is 16.5. The van der Waals surface area contributed by atoms with Gasteiger partial charge in [0.05, 0.1) is 19.9 Å². The molecule has 1 aromatic carbocycles. The van der Waals surface area contributed by atoms with E-state index in [9.17, 15) is 4.79 Å². The van der Waals surface area contributed by atoms with E-state index in [0.29, 0.717) is 18.0 Å². The number of ether oxygens (including phenoxy) is 2. The van der Waals surface area contributed by atoms with Crippen molar-refractivity contribution in [1.29, 1.82) is 0 Å². The second kappa shape index (κ2) is 5.49. The summed E-state index contributed by atoms with van der Waals surface area (Å²) >= 11 is 0. The van der Waals surface area contributed by atoms with Gasteiger partial charge >= 0.3 is 5.97 Å². The summed E-state index contributed by atoms with van der Waals surface area (Å²) in [5.74, 6) is 0.216. The summed E-state index contributed by atoms with van der Waals surface area (Å²) in [6.07, 6.45) is 0.601. The van der Waals surface area contributed by atoms with Crippen LogP contribution < -0.4 is 4.74 Å². The SMILES string of the molecule is CCC(C)(C(=O)OC)c1nc(OC)cc2ccccc12. The minimum Gasteiger partial charge on any atom is -0.481 e. The van der Waals surface area contributed by atoms with E-state index in [1.165, 1.54) is 7.11 Å². The van der Waals surface area contributed by atoms with Gasteiger partial charge in [-0.15, -0.1) is 0 Å². The van der Waals surface area contributed by atoms with Gasteiger partial charge in [0.15, 0.2) is 0 Å². The Kier molecular flexibility index (Phi) is 3.93. The molecule has 0 saturated carbocycles. The smallest absolute Gasteiger partial charge is 0.317 e.